The molecular weight excluding hydrogens is 354 g/mol. The third-order valence-electron chi connectivity index (χ3n) is 4.20. The average molecular weight is 375 g/mol. The van der Waals surface area contributed by atoms with Crippen LogP contribution >= 0.6 is 0 Å². The zero-order valence-corrected chi connectivity index (χ0v) is 15.4. The van der Waals surface area contributed by atoms with E-state index in [-0.39, 0.29) is 22.7 Å². The molecule has 0 atom stereocenters. The van der Waals surface area contributed by atoms with Crippen LogP contribution in [0.3, 0.4) is 0 Å². The number of methoxy groups -OCH3 is 1. The molecule has 0 spiro atoms. The Morgan fingerprint density at radius 3 is 2.56 bits per heavy atom. The number of hydrogen-bond donors (Lipinski definition) is 1. The van der Waals surface area contributed by atoms with Gasteiger partial charge in [-0.3, -0.25) is 14.9 Å². The number of carbonyl (C=O) groups is 2. The van der Waals surface area contributed by atoms with Gasteiger partial charge in [0.15, 0.2) is 6.61 Å². The standard InChI is InChI=1S/C18H21N3O6/c1-11-8-14(12(2)20(11)6-7-26-3)17(22)10-27-18(23)15-9-13(21(24)25)4-5-16(15)19/h4-5,8-9H,6-7,10,19H2,1-3H3. The molecule has 0 aliphatic heterocycles. The highest BCUT2D eigenvalue weighted by Gasteiger charge is 2.20. The summed E-state index contributed by atoms with van der Waals surface area (Å²) in [6.07, 6.45) is 0. The molecule has 2 N–H and O–H groups in total. The van der Waals surface area contributed by atoms with E-state index in [0.29, 0.717) is 18.7 Å². The summed E-state index contributed by atoms with van der Waals surface area (Å²) in [5.74, 6) is -1.26. The second-order valence-electron chi connectivity index (χ2n) is 5.96. The number of carbonyl (C=O) groups excluding carboxylic acids is 2. The predicted molar refractivity (Wildman–Crippen MR) is 97.9 cm³/mol. The lowest BCUT2D eigenvalue weighted by atomic mass is 10.1. The Morgan fingerprint density at radius 1 is 1.22 bits per heavy atom. The third-order valence-corrected chi connectivity index (χ3v) is 4.20. The SMILES string of the molecule is COCCn1c(C)cc(C(=O)COC(=O)c2cc([N+](=O)[O-])ccc2N)c1C. The molecule has 0 saturated carbocycles. The van der Waals surface area contributed by atoms with Crippen LogP contribution in [0.4, 0.5) is 11.4 Å². The number of aromatic nitrogens is 1. The van der Waals surface area contributed by atoms with Crippen LogP contribution in [-0.4, -0.2) is 41.6 Å². The second-order valence-corrected chi connectivity index (χ2v) is 5.96. The molecule has 0 amide bonds. The van der Waals surface area contributed by atoms with Crippen molar-refractivity contribution in [1.29, 1.82) is 0 Å². The van der Waals surface area contributed by atoms with Gasteiger partial charge in [0, 0.05) is 48.4 Å². The number of nitro benzene ring substituents is 1. The summed E-state index contributed by atoms with van der Waals surface area (Å²) >= 11 is 0. The van der Waals surface area contributed by atoms with Crippen LogP contribution in [0.25, 0.3) is 0 Å². The minimum absolute atomic E-state index is 0.0378. The van der Waals surface area contributed by atoms with E-state index in [9.17, 15) is 19.7 Å². The van der Waals surface area contributed by atoms with Gasteiger partial charge in [-0.15, -0.1) is 0 Å². The molecule has 144 valence electrons. The summed E-state index contributed by atoms with van der Waals surface area (Å²) in [7, 11) is 1.60. The monoisotopic (exact) mass is 375 g/mol. The maximum atomic E-state index is 12.4. The van der Waals surface area contributed by atoms with Crippen molar-refractivity contribution in [3.8, 4) is 0 Å². The van der Waals surface area contributed by atoms with E-state index in [4.69, 9.17) is 15.2 Å². The molecule has 0 fully saturated rings. The van der Waals surface area contributed by atoms with Crippen LogP contribution in [0.2, 0.25) is 0 Å². The van der Waals surface area contributed by atoms with Crippen molar-refractivity contribution < 1.29 is 24.0 Å². The fourth-order valence-electron chi connectivity index (χ4n) is 2.73. The Kier molecular flexibility index (Phi) is 6.30. The number of Topliss-reactive ketones (excluding diaryl/α,β-unsaturated/α-hetero) is 1. The maximum absolute atomic E-state index is 12.4. The number of anilines is 1. The van der Waals surface area contributed by atoms with Crippen LogP contribution < -0.4 is 5.73 Å². The molecule has 2 rings (SSSR count). The highest BCUT2D eigenvalue weighted by Crippen LogP contribution is 2.21. The number of benzene rings is 1. The maximum Gasteiger partial charge on any atom is 0.340 e. The van der Waals surface area contributed by atoms with Gasteiger partial charge in [0.05, 0.1) is 17.1 Å². The van der Waals surface area contributed by atoms with Gasteiger partial charge >= 0.3 is 5.97 Å². The average Bonchev–Trinajstić information content (AvgIpc) is 2.91. The lowest BCUT2D eigenvalue weighted by Gasteiger charge is -2.09. The van der Waals surface area contributed by atoms with Crippen LogP contribution in [0.5, 0.6) is 0 Å². The first-order valence-electron chi connectivity index (χ1n) is 8.16. The van der Waals surface area contributed by atoms with E-state index < -0.39 is 17.5 Å². The Bertz CT molecular complexity index is 887. The zero-order valence-electron chi connectivity index (χ0n) is 15.4. The van der Waals surface area contributed by atoms with Gasteiger partial charge in [-0.1, -0.05) is 0 Å². The Labute approximate surface area is 155 Å². The highest BCUT2D eigenvalue weighted by atomic mass is 16.6. The number of nitrogen functional groups attached to an aromatic ring is 1. The van der Waals surface area contributed by atoms with Gasteiger partial charge in [0.1, 0.15) is 0 Å². The lowest BCUT2D eigenvalue weighted by molar-refractivity contribution is -0.384. The van der Waals surface area contributed by atoms with Crippen molar-refractivity contribution in [3.63, 3.8) is 0 Å². The second kappa shape index (κ2) is 8.45. The first-order chi connectivity index (χ1) is 12.8. The van der Waals surface area contributed by atoms with Gasteiger partial charge in [-0.05, 0) is 26.0 Å². The summed E-state index contributed by atoms with van der Waals surface area (Å²) in [5.41, 5.74) is 7.37. The number of ketones is 1. The number of rotatable bonds is 8. The van der Waals surface area contributed by atoms with Crippen molar-refractivity contribution in [2.45, 2.75) is 20.4 Å². The highest BCUT2D eigenvalue weighted by molar-refractivity contribution is 6.01. The van der Waals surface area contributed by atoms with Crippen LogP contribution in [0.15, 0.2) is 24.3 Å². The van der Waals surface area contributed by atoms with Crippen molar-refractivity contribution in [2.24, 2.45) is 0 Å². The number of hydrogen-bond acceptors (Lipinski definition) is 7. The number of esters is 1. The molecule has 2 aromatic rings. The summed E-state index contributed by atoms with van der Waals surface area (Å²) in [6.45, 7) is 4.29. The smallest absolute Gasteiger partial charge is 0.340 e. The number of nitrogens with two attached hydrogens (primary N) is 1. The lowest BCUT2D eigenvalue weighted by Crippen LogP contribution is -2.16. The minimum atomic E-state index is -0.891. The first kappa shape index (κ1) is 20.1. The van der Waals surface area contributed by atoms with Crippen molar-refractivity contribution in [1.82, 2.24) is 4.57 Å². The Hall–Kier alpha value is -3.20. The van der Waals surface area contributed by atoms with Crippen LogP contribution in [0.1, 0.15) is 32.1 Å². The topological polar surface area (TPSA) is 127 Å². The van der Waals surface area contributed by atoms with Crippen molar-refractivity contribution in [3.05, 3.63) is 56.9 Å². The first-order valence-corrected chi connectivity index (χ1v) is 8.16. The molecule has 1 aromatic heterocycles. The number of nitro groups is 1. The molecule has 0 saturated heterocycles. The molecule has 9 nitrogen and oxygen atoms in total. The summed E-state index contributed by atoms with van der Waals surface area (Å²) in [5, 5.41) is 10.8. The van der Waals surface area contributed by atoms with E-state index in [0.717, 1.165) is 17.5 Å². The molecule has 0 bridgehead atoms. The van der Waals surface area contributed by atoms with E-state index in [1.54, 1.807) is 20.1 Å². The third kappa shape index (κ3) is 4.50. The molecule has 0 aliphatic rings. The van der Waals surface area contributed by atoms with E-state index in [1.165, 1.54) is 12.1 Å². The Balaban J connectivity index is 2.11. The summed E-state index contributed by atoms with van der Waals surface area (Å²) < 4.78 is 12.0. The van der Waals surface area contributed by atoms with Crippen LogP contribution in [-0.2, 0) is 16.0 Å². The largest absolute Gasteiger partial charge is 0.454 e. The predicted octanol–water partition coefficient (Wildman–Crippen LogP) is 2.28. The zero-order chi connectivity index (χ0) is 20.1. The van der Waals surface area contributed by atoms with Gasteiger partial charge in [-0.25, -0.2) is 4.79 Å². The number of ether oxygens (including phenoxy) is 2. The van der Waals surface area contributed by atoms with Crippen molar-refractivity contribution >= 4 is 23.1 Å². The van der Waals surface area contributed by atoms with Gasteiger partial charge < -0.3 is 19.8 Å². The molecule has 27 heavy (non-hydrogen) atoms. The number of non-ortho nitro benzene ring substituents is 1. The molecule has 0 radical (unpaired) electrons. The fourth-order valence-corrected chi connectivity index (χ4v) is 2.73. The quantitative estimate of drug-likeness (QED) is 0.246. The van der Waals surface area contributed by atoms with Crippen LogP contribution in [0, 0.1) is 24.0 Å². The molecule has 0 unspecified atom stereocenters. The summed E-state index contributed by atoms with van der Waals surface area (Å²) in [4.78, 5) is 34.8. The molecular formula is C18H21N3O6. The molecule has 1 heterocycles. The van der Waals surface area contributed by atoms with E-state index in [1.807, 2.05) is 11.5 Å². The molecule has 0 aliphatic carbocycles. The van der Waals surface area contributed by atoms with Gasteiger partial charge in [0.2, 0.25) is 5.78 Å². The van der Waals surface area contributed by atoms with Crippen molar-refractivity contribution in [2.75, 3.05) is 26.1 Å². The summed E-state index contributed by atoms with van der Waals surface area (Å²) in [6, 6.07) is 5.19. The van der Waals surface area contributed by atoms with Gasteiger partial charge in [-0.2, -0.15) is 0 Å². The molecule has 9 heteroatoms. The van der Waals surface area contributed by atoms with E-state index >= 15 is 0 Å². The van der Waals surface area contributed by atoms with E-state index in [2.05, 4.69) is 0 Å². The fraction of sp³-hybridized carbons (Fsp3) is 0.333. The Morgan fingerprint density at radius 2 is 1.93 bits per heavy atom. The van der Waals surface area contributed by atoms with Gasteiger partial charge in [0.25, 0.3) is 5.69 Å². The number of nitrogens with zero attached hydrogens (tertiary/aromatic N) is 2. The normalized spacial score (nSPS) is 10.6. The molecule has 1 aromatic carbocycles. The minimum Gasteiger partial charge on any atom is -0.454 e. The number of aryl methyl sites for hydroxylation is 1.